The van der Waals surface area contributed by atoms with Crippen molar-refractivity contribution in [3.63, 3.8) is 0 Å². The van der Waals surface area contributed by atoms with Crippen LogP contribution < -0.4 is 10.6 Å². The van der Waals surface area contributed by atoms with E-state index in [0.29, 0.717) is 22.4 Å². The van der Waals surface area contributed by atoms with Crippen LogP contribution in [0.3, 0.4) is 0 Å². The normalized spacial score (nSPS) is 18.6. The predicted molar refractivity (Wildman–Crippen MR) is 93.3 cm³/mol. The molecule has 1 aliphatic carbocycles. The lowest BCUT2D eigenvalue weighted by Crippen LogP contribution is -2.13. The molecule has 2 heterocycles. The van der Waals surface area contributed by atoms with Gasteiger partial charge < -0.3 is 5.32 Å². The summed E-state index contributed by atoms with van der Waals surface area (Å²) >= 11 is 1.25. The van der Waals surface area contributed by atoms with Crippen LogP contribution in [0, 0.1) is 5.82 Å². The fourth-order valence-corrected chi connectivity index (χ4v) is 3.07. The summed E-state index contributed by atoms with van der Waals surface area (Å²) in [5.74, 6) is 0.578. The average molecular weight is 355 g/mol. The lowest BCUT2D eigenvalue weighted by molar-refractivity contribution is 0.102. The third-order valence-electron chi connectivity index (χ3n) is 4.03. The van der Waals surface area contributed by atoms with Gasteiger partial charge in [0.05, 0.1) is 5.56 Å². The fourth-order valence-electron chi connectivity index (χ4n) is 2.63. The monoisotopic (exact) mass is 355 g/mol. The van der Waals surface area contributed by atoms with Crippen molar-refractivity contribution in [1.29, 1.82) is 0 Å². The second kappa shape index (κ2) is 6.56. The van der Waals surface area contributed by atoms with Crippen LogP contribution in [0.15, 0.2) is 48.1 Å². The molecule has 1 saturated carbocycles. The number of nitrogens with zero attached hydrogens (tertiary/aromatic N) is 3. The van der Waals surface area contributed by atoms with E-state index >= 15 is 0 Å². The highest BCUT2D eigenvalue weighted by atomic mass is 32.1. The van der Waals surface area contributed by atoms with Crippen LogP contribution in [0.25, 0.3) is 0 Å². The molecule has 0 saturated heterocycles. The van der Waals surface area contributed by atoms with Crippen LogP contribution >= 0.6 is 11.3 Å². The summed E-state index contributed by atoms with van der Waals surface area (Å²) in [6.45, 7) is 0. The van der Waals surface area contributed by atoms with Gasteiger partial charge in [-0.25, -0.2) is 9.37 Å². The minimum atomic E-state index is -0.272. The highest BCUT2D eigenvalue weighted by Gasteiger charge is 2.38. The number of rotatable bonds is 5. The van der Waals surface area contributed by atoms with Crippen molar-refractivity contribution in [2.24, 2.45) is 0 Å². The highest BCUT2D eigenvalue weighted by Crippen LogP contribution is 2.42. The second-order valence-electron chi connectivity index (χ2n) is 5.77. The molecule has 6 nitrogen and oxygen atoms in total. The maximum atomic E-state index is 13.0. The van der Waals surface area contributed by atoms with E-state index in [0.717, 1.165) is 12.0 Å². The smallest absolute Gasteiger partial charge is 0.259 e. The fraction of sp³-hybridized carbons (Fsp3) is 0.176. The molecule has 126 valence electrons. The third kappa shape index (κ3) is 3.63. The minimum absolute atomic E-state index is 0.224. The zero-order chi connectivity index (χ0) is 17.2. The van der Waals surface area contributed by atoms with Crippen LogP contribution in [0.1, 0.15) is 28.3 Å². The Labute approximate surface area is 147 Å². The number of hydrogen-bond acceptors (Lipinski definition) is 6. The summed E-state index contributed by atoms with van der Waals surface area (Å²) in [4.78, 5) is 16.3. The van der Waals surface area contributed by atoms with Crippen molar-refractivity contribution in [3.8, 4) is 0 Å². The minimum Gasteiger partial charge on any atom is -0.367 e. The lowest BCUT2D eigenvalue weighted by atomic mass is 10.1. The summed E-state index contributed by atoms with van der Waals surface area (Å²) in [6, 6.07) is 10.4. The molecule has 1 aliphatic rings. The van der Waals surface area contributed by atoms with Crippen molar-refractivity contribution in [2.75, 3.05) is 10.6 Å². The Bertz CT molecular complexity index is 867. The van der Waals surface area contributed by atoms with Crippen molar-refractivity contribution in [1.82, 2.24) is 15.2 Å². The molecule has 0 spiro atoms. The molecule has 25 heavy (non-hydrogen) atoms. The number of amides is 1. The zero-order valence-corrected chi connectivity index (χ0v) is 13.8. The Morgan fingerprint density at radius 3 is 2.72 bits per heavy atom. The van der Waals surface area contributed by atoms with Crippen molar-refractivity contribution < 1.29 is 9.18 Å². The SMILES string of the molecule is O=C(Nc1nncs1)c1ccc(N[C@@H]2C[C@H]2c2ccc(F)cc2)nc1. The van der Waals surface area contributed by atoms with E-state index < -0.39 is 0 Å². The van der Waals surface area contributed by atoms with Gasteiger partial charge in [-0.2, -0.15) is 0 Å². The molecule has 0 bridgehead atoms. The number of benzene rings is 1. The van der Waals surface area contributed by atoms with Gasteiger partial charge in [0.2, 0.25) is 5.13 Å². The van der Waals surface area contributed by atoms with Gasteiger partial charge in [0.1, 0.15) is 17.1 Å². The lowest BCUT2D eigenvalue weighted by Gasteiger charge is -2.06. The number of carbonyl (C=O) groups is 1. The molecule has 0 unspecified atom stereocenters. The van der Waals surface area contributed by atoms with E-state index in [-0.39, 0.29) is 17.8 Å². The molecule has 1 amide bonds. The van der Waals surface area contributed by atoms with Gasteiger partial charge >= 0.3 is 0 Å². The van der Waals surface area contributed by atoms with E-state index in [1.165, 1.54) is 29.7 Å². The van der Waals surface area contributed by atoms with Crippen molar-refractivity contribution in [2.45, 2.75) is 18.4 Å². The third-order valence-corrected chi connectivity index (χ3v) is 4.63. The van der Waals surface area contributed by atoms with Gasteiger partial charge in [-0.1, -0.05) is 23.5 Å². The Hall–Kier alpha value is -2.87. The number of pyridine rings is 1. The second-order valence-corrected chi connectivity index (χ2v) is 6.61. The standard InChI is InChI=1S/C17H14FN5OS/c18-12-4-1-10(2-5-12)13-7-14(13)21-15-6-3-11(8-19-15)16(24)22-17-23-20-9-25-17/h1-6,8-9,13-14H,7H2,(H,19,21)(H,22,23,24)/t13-,14+/m0/s1. The van der Waals surface area contributed by atoms with Crippen molar-refractivity contribution >= 4 is 28.2 Å². The summed E-state index contributed by atoms with van der Waals surface area (Å²) in [5.41, 5.74) is 3.12. The summed E-state index contributed by atoms with van der Waals surface area (Å²) in [7, 11) is 0. The Balaban J connectivity index is 1.35. The topological polar surface area (TPSA) is 79.8 Å². The highest BCUT2D eigenvalue weighted by molar-refractivity contribution is 7.13. The van der Waals surface area contributed by atoms with E-state index in [1.807, 2.05) is 12.1 Å². The molecule has 1 aromatic carbocycles. The van der Waals surface area contributed by atoms with Crippen LogP contribution in [0.4, 0.5) is 15.3 Å². The Morgan fingerprint density at radius 1 is 1.20 bits per heavy atom. The molecule has 0 aliphatic heterocycles. The number of nitrogens with one attached hydrogen (secondary N) is 2. The Morgan fingerprint density at radius 2 is 2.04 bits per heavy atom. The van der Waals surface area contributed by atoms with Gasteiger partial charge in [0.25, 0.3) is 5.91 Å². The predicted octanol–water partition coefficient (Wildman–Crippen LogP) is 3.29. The first-order chi connectivity index (χ1) is 12.2. The van der Waals surface area contributed by atoms with E-state index in [2.05, 4.69) is 25.8 Å². The molecule has 3 aromatic rings. The van der Waals surface area contributed by atoms with Gasteiger partial charge in [-0.05, 0) is 36.2 Å². The molecule has 0 radical (unpaired) electrons. The van der Waals surface area contributed by atoms with Crippen LogP contribution in [0.5, 0.6) is 0 Å². The number of anilines is 2. The van der Waals surface area contributed by atoms with Gasteiger partial charge in [-0.15, -0.1) is 10.2 Å². The van der Waals surface area contributed by atoms with E-state index in [1.54, 1.807) is 17.6 Å². The van der Waals surface area contributed by atoms with Crippen molar-refractivity contribution in [3.05, 3.63) is 65.0 Å². The molecular weight excluding hydrogens is 341 g/mol. The maximum Gasteiger partial charge on any atom is 0.259 e. The van der Waals surface area contributed by atoms with E-state index in [4.69, 9.17) is 0 Å². The molecule has 8 heteroatoms. The summed E-state index contributed by atoms with van der Waals surface area (Å²) < 4.78 is 13.0. The summed E-state index contributed by atoms with van der Waals surface area (Å²) in [6.07, 6.45) is 2.50. The molecule has 2 aromatic heterocycles. The summed E-state index contributed by atoms with van der Waals surface area (Å²) in [5, 5.41) is 13.9. The molecular formula is C17H14FN5OS. The molecule has 2 atom stereocenters. The Kier molecular flexibility index (Phi) is 4.10. The number of halogens is 1. The first kappa shape index (κ1) is 15.6. The molecule has 1 fully saturated rings. The largest absolute Gasteiger partial charge is 0.367 e. The molecule has 2 N–H and O–H groups in total. The quantitative estimate of drug-likeness (QED) is 0.734. The van der Waals surface area contributed by atoms with E-state index in [9.17, 15) is 9.18 Å². The van der Waals surface area contributed by atoms with Gasteiger partial charge in [0, 0.05) is 18.2 Å². The first-order valence-corrected chi connectivity index (χ1v) is 8.62. The van der Waals surface area contributed by atoms with Gasteiger partial charge in [-0.3, -0.25) is 10.1 Å². The number of hydrogen-bond donors (Lipinski definition) is 2. The maximum absolute atomic E-state index is 13.0. The van der Waals surface area contributed by atoms with Crippen LogP contribution in [0.2, 0.25) is 0 Å². The average Bonchev–Trinajstić information content (AvgIpc) is 3.19. The van der Waals surface area contributed by atoms with Gasteiger partial charge in [0.15, 0.2) is 0 Å². The number of aromatic nitrogens is 3. The molecule has 4 rings (SSSR count). The number of carbonyl (C=O) groups excluding carboxylic acids is 1. The van der Waals surface area contributed by atoms with Crippen LogP contribution in [-0.2, 0) is 0 Å². The van der Waals surface area contributed by atoms with Crippen LogP contribution in [-0.4, -0.2) is 27.1 Å². The first-order valence-electron chi connectivity index (χ1n) is 7.74. The zero-order valence-electron chi connectivity index (χ0n) is 13.0.